The summed E-state index contributed by atoms with van der Waals surface area (Å²) in [6, 6.07) is 14.8. The highest BCUT2D eigenvalue weighted by Gasteiger charge is 2.52. The molecule has 2 aliphatic rings. The maximum Gasteiger partial charge on any atom is 0.257 e. The molecule has 2 aromatic carbocycles. The molecule has 7 heteroatoms. The fourth-order valence-corrected chi connectivity index (χ4v) is 5.06. The molecule has 0 radical (unpaired) electrons. The third kappa shape index (κ3) is 3.85. The van der Waals surface area contributed by atoms with Crippen LogP contribution in [0.15, 0.2) is 66.1 Å². The molecule has 2 aromatic rings. The molecule has 3 amide bonds. The second-order valence-electron chi connectivity index (χ2n) is 7.81. The Kier molecular flexibility index (Phi) is 5.87. The molecule has 1 saturated heterocycles. The number of nitrogens with zero attached hydrogens (tertiary/aromatic N) is 2. The van der Waals surface area contributed by atoms with E-state index < -0.39 is 5.66 Å². The number of hydrogen-bond donors (Lipinski definition) is 1. The van der Waals surface area contributed by atoms with E-state index in [1.807, 2.05) is 49.4 Å². The van der Waals surface area contributed by atoms with Crippen molar-refractivity contribution in [1.82, 2.24) is 4.90 Å². The number of carbonyl (C=O) groups excluding carboxylic acids is 3. The van der Waals surface area contributed by atoms with Gasteiger partial charge in [0.15, 0.2) is 0 Å². The van der Waals surface area contributed by atoms with Gasteiger partial charge in [-0.05, 0) is 37.6 Å². The Bertz CT molecular complexity index is 1050. The zero-order valence-corrected chi connectivity index (χ0v) is 18.3. The zero-order chi connectivity index (χ0) is 22.0. The molecular formula is C24H25N3O3S. The summed E-state index contributed by atoms with van der Waals surface area (Å²) in [6.45, 7) is 5.88. The number of carbonyl (C=O) groups is 3. The molecule has 160 valence electrons. The van der Waals surface area contributed by atoms with Crippen LogP contribution in [0.4, 0.5) is 11.4 Å². The van der Waals surface area contributed by atoms with E-state index in [0.29, 0.717) is 24.1 Å². The van der Waals surface area contributed by atoms with E-state index in [1.165, 1.54) is 0 Å². The summed E-state index contributed by atoms with van der Waals surface area (Å²) < 4.78 is 0. The summed E-state index contributed by atoms with van der Waals surface area (Å²) >= 11 is 1.60. The van der Waals surface area contributed by atoms with Crippen LogP contribution in [0, 0.1) is 0 Å². The topological polar surface area (TPSA) is 69.7 Å². The maximum atomic E-state index is 13.3. The van der Waals surface area contributed by atoms with Crippen molar-refractivity contribution in [1.29, 1.82) is 0 Å². The Hall–Kier alpha value is -3.06. The number of anilines is 2. The van der Waals surface area contributed by atoms with Crippen LogP contribution in [0.3, 0.4) is 0 Å². The van der Waals surface area contributed by atoms with Crippen molar-refractivity contribution in [3.8, 4) is 0 Å². The first-order valence-electron chi connectivity index (χ1n) is 10.3. The fourth-order valence-electron chi connectivity index (χ4n) is 4.31. The van der Waals surface area contributed by atoms with Gasteiger partial charge in [0.05, 0.1) is 16.9 Å². The number of benzene rings is 2. The zero-order valence-electron chi connectivity index (χ0n) is 17.5. The van der Waals surface area contributed by atoms with E-state index in [0.717, 1.165) is 16.3 Å². The summed E-state index contributed by atoms with van der Waals surface area (Å²) in [7, 11) is 0. The number of fused-ring (bicyclic) bond motifs is 3. The minimum atomic E-state index is -0.749. The first kappa shape index (κ1) is 21.2. The van der Waals surface area contributed by atoms with Crippen molar-refractivity contribution >= 4 is 40.9 Å². The normalized spacial score (nSPS) is 19.8. The van der Waals surface area contributed by atoms with Gasteiger partial charge in [0.25, 0.3) is 5.91 Å². The van der Waals surface area contributed by atoms with Crippen LogP contribution in [-0.4, -0.2) is 40.6 Å². The van der Waals surface area contributed by atoms with E-state index in [1.54, 1.807) is 33.7 Å². The van der Waals surface area contributed by atoms with Crippen LogP contribution >= 0.6 is 11.8 Å². The molecule has 31 heavy (non-hydrogen) atoms. The standard InChI is InChI=1S/C24H25N3O3S/c1-3-16-31-20-11-7-5-9-18(20)25-21(28)13-15-26-23(30)17-8-4-6-10-19(17)27-22(29)12-14-24(26,27)2/h3-11H,1,12-16H2,2H3,(H,25,28)/t24-/m0/s1. The van der Waals surface area contributed by atoms with Gasteiger partial charge in [0.2, 0.25) is 11.8 Å². The number of hydrogen-bond acceptors (Lipinski definition) is 4. The molecule has 0 aromatic heterocycles. The van der Waals surface area contributed by atoms with E-state index in [4.69, 9.17) is 0 Å². The predicted octanol–water partition coefficient (Wildman–Crippen LogP) is 4.29. The van der Waals surface area contributed by atoms with Crippen LogP contribution in [0.2, 0.25) is 0 Å². The van der Waals surface area contributed by atoms with Gasteiger partial charge >= 0.3 is 0 Å². The van der Waals surface area contributed by atoms with E-state index in [2.05, 4.69) is 11.9 Å². The lowest BCUT2D eigenvalue weighted by atomic mass is 9.98. The highest BCUT2D eigenvalue weighted by atomic mass is 32.2. The van der Waals surface area contributed by atoms with Gasteiger partial charge in [0, 0.05) is 30.0 Å². The highest BCUT2D eigenvalue weighted by molar-refractivity contribution is 7.99. The molecule has 0 saturated carbocycles. The lowest BCUT2D eigenvalue weighted by molar-refractivity contribution is -0.117. The van der Waals surface area contributed by atoms with Crippen LogP contribution < -0.4 is 10.2 Å². The Morgan fingerprint density at radius 2 is 1.94 bits per heavy atom. The van der Waals surface area contributed by atoms with Gasteiger partial charge in [-0.25, -0.2) is 0 Å². The Labute approximate surface area is 186 Å². The Morgan fingerprint density at radius 3 is 2.74 bits per heavy atom. The Morgan fingerprint density at radius 1 is 1.19 bits per heavy atom. The van der Waals surface area contributed by atoms with Crippen LogP contribution in [0.1, 0.15) is 36.5 Å². The van der Waals surface area contributed by atoms with Crippen molar-refractivity contribution in [3.63, 3.8) is 0 Å². The van der Waals surface area contributed by atoms with Crippen LogP contribution in [0.5, 0.6) is 0 Å². The highest BCUT2D eigenvalue weighted by Crippen LogP contribution is 2.44. The van der Waals surface area contributed by atoms with Crippen molar-refractivity contribution < 1.29 is 14.4 Å². The minimum absolute atomic E-state index is 0.00470. The molecule has 4 rings (SSSR count). The average Bonchev–Trinajstić information content (AvgIpc) is 3.08. The molecule has 0 unspecified atom stereocenters. The minimum Gasteiger partial charge on any atom is -0.325 e. The SMILES string of the molecule is C=CCSc1ccccc1NC(=O)CCN1C(=O)c2ccccc2N2C(=O)CC[C@@]12C. The molecule has 1 N–H and O–H groups in total. The van der Waals surface area contributed by atoms with Gasteiger partial charge in [-0.1, -0.05) is 30.3 Å². The number of rotatable bonds is 7. The van der Waals surface area contributed by atoms with Gasteiger partial charge in [0.1, 0.15) is 5.66 Å². The smallest absolute Gasteiger partial charge is 0.257 e. The summed E-state index contributed by atoms with van der Waals surface area (Å²) in [5.41, 5.74) is 1.16. The van der Waals surface area contributed by atoms with Crippen molar-refractivity contribution in [2.24, 2.45) is 0 Å². The average molecular weight is 436 g/mol. The summed E-state index contributed by atoms with van der Waals surface area (Å²) in [4.78, 5) is 43.0. The Balaban J connectivity index is 1.51. The second-order valence-corrected chi connectivity index (χ2v) is 8.88. The van der Waals surface area contributed by atoms with Crippen molar-refractivity contribution in [3.05, 3.63) is 66.7 Å². The van der Waals surface area contributed by atoms with E-state index in [9.17, 15) is 14.4 Å². The summed E-state index contributed by atoms with van der Waals surface area (Å²) in [6.07, 6.45) is 2.90. The first-order chi connectivity index (χ1) is 15.0. The van der Waals surface area contributed by atoms with Crippen molar-refractivity contribution in [2.75, 3.05) is 22.5 Å². The number of amides is 3. The van der Waals surface area contributed by atoms with Gasteiger partial charge in [-0.15, -0.1) is 18.3 Å². The molecule has 6 nitrogen and oxygen atoms in total. The molecule has 2 heterocycles. The lowest BCUT2D eigenvalue weighted by Gasteiger charge is -2.48. The fraction of sp³-hybridized carbons (Fsp3) is 0.292. The molecule has 1 atom stereocenters. The number of thioether (sulfide) groups is 1. The molecule has 2 aliphatic heterocycles. The third-order valence-electron chi connectivity index (χ3n) is 5.83. The first-order valence-corrected chi connectivity index (χ1v) is 11.3. The lowest BCUT2D eigenvalue weighted by Crippen LogP contribution is -2.62. The van der Waals surface area contributed by atoms with E-state index >= 15 is 0 Å². The largest absolute Gasteiger partial charge is 0.325 e. The molecule has 0 spiro atoms. The number of para-hydroxylation sites is 2. The second kappa shape index (κ2) is 8.59. The van der Waals surface area contributed by atoms with Gasteiger partial charge in [-0.2, -0.15) is 0 Å². The maximum absolute atomic E-state index is 13.3. The van der Waals surface area contributed by atoms with Crippen LogP contribution in [0.25, 0.3) is 0 Å². The monoisotopic (exact) mass is 435 g/mol. The molecular weight excluding hydrogens is 410 g/mol. The van der Waals surface area contributed by atoms with Crippen molar-refractivity contribution in [2.45, 2.75) is 36.7 Å². The summed E-state index contributed by atoms with van der Waals surface area (Å²) in [5, 5.41) is 2.96. The molecule has 1 fully saturated rings. The van der Waals surface area contributed by atoms with Crippen LogP contribution in [-0.2, 0) is 9.59 Å². The summed E-state index contributed by atoms with van der Waals surface area (Å²) in [5.74, 6) is 0.443. The van der Waals surface area contributed by atoms with E-state index in [-0.39, 0.29) is 30.7 Å². The third-order valence-corrected chi connectivity index (χ3v) is 6.90. The predicted molar refractivity (Wildman–Crippen MR) is 123 cm³/mol. The number of nitrogens with one attached hydrogen (secondary N) is 1. The molecule has 0 aliphatic carbocycles. The quantitative estimate of drug-likeness (QED) is 0.520. The van der Waals surface area contributed by atoms with Gasteiger partial charge in [-0.3, -0.25) is 19.3 Å². The van der Waals surface area contributed by atoms with Gasteiger partial charge < -0.3 is 10.2 Å². The molecule has 0 bridgehead atoms.